The topological polar surface area (TPSA) is 55.8 Å². The van der Waals surface area contributed by atoms with E-state index in [0.29, 0.717) is 13.0 Å². The van der Waals surface area contributed by atoms with Gasteiger partial charge in [0.2, 0.25) is 0 Å². The molecule has 74 valence electrons. The van der Waals surface area contributed by atoms with Crippen LogP contribution in [0.15, 0.2) is 12.2 Å². The van der Waals surface area contributed by atoms with Crippen molar-refractivity contribution in [1.29, 1.82) is 0 Å². The van der Waals surface area contributed by atoms with E-state index in [1.54, 1.807) is 13.8 Å². The number of hydrogen-bond donors (Lipinski definition) is 1. The van der Waals surface area contributed by atoms with Crippen molar-refractivity contribution in [1.82, 2.24) is 0 Å². The molecule has 1 saturated heterocycles. The lowest BCUT2D eigenvalue weighted by atomic mass is 10.1. The third-order valence-electron chi connectivity index (χ3n) is 1.84. The van der Waals surface area contributed by atoms with Gasteiger partial charge in [-0.2, -0.15) is 0 Å². The normalized spacial score (nSPS) is 25.8. The Morgan fingerprint density at radius 1 is 1.69 bits per heavy atom. The molecule has 1 aliphatic heterocycles. The molecule has 1 heterocycles. The lowest BCUT2D eigenvalue weighted by molar-refractivity contribution is -0.140. The molecular formula is C9H14O4. The molecule has 0 radical (unpaired) electrons. The monoisotopic (exact) mass is 186 g/mol. The molecular weight excluding hydrogens is 172 g/mol. The van der Waals surface area contributed by atoms with Gasteiger partial charge in [-0.15, -0.1) is 0 Å². The molecule has 1 N–H and O–H groups in total. The van der Waals surface area contributed by atoms with Gasteiger partial charge in [0.05, 0.1) is 12.7 Å². The maximum atomic E-state index is 10.5. The summed E-state index contributed by atoms with van der Waals surface area (Å²) in [6.45, 7) is 7.46. The molecule has 1 atom stereocenters. The van der Waals surface area contributed by atoms with Gasteiger partial charge < -0.3 is 14.6 Å². The van der Waals surface area contributed by atoms with Crippen LogP contribution in [-0.2, 0) is 14.3 Å². The SMILES string of the molecule is C=C(CC1COC(C)(C)O1)C(=O)O. The molecule has 4 nitrogen and oxygen atoms in total. The van der Waals surface area contributed by atoms with Crippen LogP contribution in [0.1, 0.15) is 20.3 Å². The van der Waals surface area contributed by atoms with Crippen LogP contribution >= 0.6 is 0 Å². The predicted octanol–water partition coefficient (Wildman–Crippen LogP) is 1.17. The Labute approximate surface area is 77.1 Å². The number of rotatable bonds is 3. The first-order chi connectivity index (χ1) is 5.91. The highest BCUT2D eigenvalue weighted by Crippen LogP contribution is 2.25. The van der Waals surface area contributed by atoms with E-state index in [1.807, 2.05) is 0 Å². The van der Waals surface area contributed by atoms with Crippen LogP contribution in [-0.4, -0.2) is 29.6 Å². The van der Waals surface area contributed by atoms with Crippen molar-refractivity contribution in [3.8, 4) is 0 Å². The van der Waals surface area contributed by atoms with E-state index >= 15 is 0 Å². The van der Waals surface area contributed by atoms with Gasteiger partial charge in [-0.05, 0) is 13.8 Å². The standard InChI is InChI=1S/C9H14O4/c1-6(8(10)11)4-7-5-12-9(2,3)13-7/h7H,1,4-5H2,2-3H3,(H,10,11). The van der Waals surface area contributed by atoms with Crippen LogP contribution in [0.25, 0.3) is 0 Å². The number of carboxylic acids is 1. The Morgan fingerprint density at radius 2 is 2.31 bits per heavy atom. The summed E-state index contributed by atoms with van der Waals surface area (Å²) < 4.78 is 10.7. The molecule has 0 spiro atoms. The summed E-state index contributed by atoms with van der Waals surface area (Å²) >= 11 is 0. The van der Waals surface area contributed by atoms with Crippen LogP contribution in [0.5, 0.6) is 0 Å². The molecule has 0 aliphatic carbocycles. The zero-order valence-corrected chi connectivity index (χ0v) is 7.87. The fourth-order valence-corrected chi connectivity index (χ4v) is 1.23. The smallest absolute Gasteiger partial charge is 0.331 e. The second-order valence-corrected chi connectivity index (χ2v) is 3.56. The van der Waals surface area contributed by atoms with Gasteiger partial charge in [0.25, 0.3) is 0 Å². The fourth-order valence-electron chi connectivity index (χ4n) is 1.23. The summed E-state index contributed by atoms with van der Waals surface area (Å²) in [5.74, 6) is -1.57. The van der Waals surface area contributed by atoms with E-state index in [-0.39, 0.29) is 11.7 Å². The quantitative estimate of drug-likeness (QED) is 0.672. The summed E-state index contributed by atoms with van der Waals surface area (Å²) in [4.78, 5) is 10.5. The molecule has 4 heteroatoms. The maximum Gasteiger partial charge on any atom is 0.331 e. The first-order valence-corrected chi connectivity index (χ1v) is 4.13. The molecule has 13 heavy (non-hydrogen) atoms. The number of hydrogen-bond acceptors (Lipinski definition) is 3. The van der Waals surface area contributed by atoms with E-state index in [1.165, 1.54) is 0 Å². The van der Waals surface area contributed by atoms with Crippen LogP contribution in [0.3, 0.4) is 0 Å². The number of aliphatic carboxylic acids is 1. The molecule has 1 fully saturated rings. The second-order valence-electron chi connectivity index (χ2n) is 3.56. The van der Waals surface area contributed by atoms with Gasteiger partial charge in [0.1, 0.15) is 0 Å². The summed E-state index contributed by atoms with van der Waals surface area (Å²) in [6.07, 6.45) is 0.136. The summed E-state index contributed by atoms with van der Waals surface area (Å²) in [6, 6.07) is 0. The van der Waals surface area contributed by atoms with Crippen LogP contribution in [0, 0.1) is 0 Å². The highest BCUT2D eigenvalue weighted by molar-refractivity contribution is 5.85. The van der Waals surface area contributed by atoms with Gasteiger partial charge in [-0.1, -0.05) is 6.58 Å². The predicted molar refractivity (Wildman–Crippen MR) is 46.3 cm³/mol. The van der Waals surface area contributed by atoms with E-state index in [2.05, 4.69) is 6.58 Å². The average molecular weight is 186 g/mol. The van der Waals surface area contributed by atoms with Crippen LogP contribution in [0.2, 0.25) is 0 Å². The number of ether oxygens (including phenoxy) is 2. The zero-order chi connectivity index (χ0) is 10.1. The van der Waals surface area contributed by atoms with Crippen LogP contribution in [0.4, 0.5) is 0 Å². The first kappa shape index (κ1) is 10.2. The number of carboxylic acid groups (broad SMARTS) is 1. The van der Waals surface area contributed by atoms with Gasteiger partial charge in [-0.25, -0.2) is 4.79 Å². The third-order valence-corrected chi connectivity index (χ3v) is 1.84. The van der Waals surface area contributed by atoms with Crippen LogP contribution < -0.4 is 0 Å². The van der Waals surface area contributed by atoms with Crippen molar-refractivity contribution in [2.45, 2.75) is 32.2 Å². The van der Waals surface area contributed by atoms with E-state index < -0.39 is 11.8 Å². The summed E-state index contributed by atoms with van der Waals surface area (Å²) in [5, 5.41) is 8.58. The zero-order valence-electron chi connectivity index (χ0n) is 7.87. The molecule has 0 aromatic carbocycles. The van der Waals surface area contributed by atoms with Crippen molar-refractivity contribution < 1.29 is 19.4 Å². The minimum absolute atomic E-state index is 0.159. The fraction of sp³-hybridized carbons (Fsp3) is 0.667. The lowest BCUT2D eigenvalue weighted by Crippen LogP contribution is -2.22. The highest BCUT2D eigenvalue weighted by Gasteiger charge is 2.33. The molecule has 1 unspecified atom stereocenters. The average Bonchev–Trinajstić information content (AvgIpc) is 2.30. The third kappa shape index (κ3) is 2.82. The first-order valence-electron chi connectivity index (χ1n) is 4.13. The lowest BCUT2D eigenvalue weighted by Gasteiger charge is -2.16. The highest BCUT2D eigenvalue weighted by atomic mass is 16.7. The van der Waals surface area contributed by atoms with Gasteiger partial charge in [0, 0.05) is 12.0 Å². The summed E-state index contributed by atoms with van der Waals surface area (Å²) in [5.41, 5.74) is 0.159. The molecule has 1 rings (SSSR count). The minimum Gasteiger partial charge on any atom is -0.478 e. The Hall–Kier alpha value is -0.870. The molecule has 0 saturated carbocycles. The Kier molecular flexibility index (Phi) is 2.73. The Bertz CT molecular complexity index is 232. The van der Waals surface area contributed by atoms with Crippen molar-refractivity contribution in [2.24, 2.45) is 0 Å². The second kappa shape index (κ2) is 3.47. The van der Waals surface area contributed by atoms with Crippen molar-refractivity contribution >= 4 is 5.97 Å². The molecule has 1 aliphatic rings. The van der Waals surface area contributed by atoms with E-state index in [9.17, 15) is 4.79 Å². The minimum atomic E-state index is -0.978. The van der Waals surface area contributed by atoms with Gasteiger partial charge >= 0.3 is 5.97 Å². The maximum absolute atomic E-state index is 10.5. The molecule has 0 aromatic rings. The Morgan fingerprint density at radius 3 is 2.69 bits per heavy atom. The van der Waals surface area contributed by atoms with Gasteiger partial charge in [0.15, 0.2) is 5.79 Å². The molecule has 0 aromatic heterocycles. The summed E-state index contributed by atoms with van der Waals surface area (Å²) in [7, 11) is 0. The van der Waals surface area contributed by atoms with Crippen molar-refractivity contribution in [2.75, 3.05) is 6.61 Å². The largest absolute Gasteiger partial charge is 0.478 e. The molecule has 0 bridgehead atoms. The van der Waals surface area contributed by atoms with E-state index in [4.69, 9.17) is 14.6 Å². The van der Waals surface area contributed by atoms with Crippen molar-refractivity contribution in [3.05, 3.63) is 12.2 Å². The van der Waals surface area contributed by atoms with Gasteiger partial charge in [-0.3, -0.25) is 0 Å². The van der Waals surface area contributed by atoms with Crippen molar-refractivity contribution in [3.63, 3.8) is 0 Å². The Balaban J connectivity index is 2.41. The number of carbonyl (C=O) groups is 1. The van der Waals surface area contributed by atoms with E-state index in [0.717, 1.165) is 0 Å². The molecule has 0 amide bonds.